The van der Waals surface area contributed by atoms with Gasteiger partial charge in [-0.05, 0) is 30.6 Å². The Morgan fingerprint density at radius 3 is 2.55 bits per heavy atom. The van der Waals surface area contributed by atoms with Gasteiger partial charge in [0.25, 0.3) is 0 Å². The van der Waals surface area contributed by atoms with Crippen molar-refractivity contribution < 1.29 is 13.2 Å². The largest absolute Gasteiger partial charge is 0.417 e. The molecule has 3 rings (SSSR count). The lowest BCUT2D eigenvalue weighted by molar-refractivity contribution is -0.0883. The van der Waals surface area contributed by atoms with Gasteiger partial charge in [-0.3, -0.25) is 9.97 Å². The number of piperidine rings is 1. The van der Waals surface area contributed by atoms with Gasteiger partial charge in [-0.25, -0.2) is 4.98 Å². The van der Waals surface area contributed by atoms with Crippen LogP contribution in [-0.4, -0.2) is 40.3 Å². The van der Waals surface area contributed by atoms with Crippen LogP contribution in [0, 0.1) is 0 Å². The summed E-state index contributed by atoms with van der Waals surface area (Å²) in [5.74, 6) is 0.633. The smallest absolute Gasteiger partial charge is 0.404 e. The number of halogens is 4. The van der Waals surface area contributed by atoms with E-state index in [4.69, 9.17) is 28.1 Å². The van der Waals surface area contributed by atoms with Crippen LogP contribution in [0.1, 0.15) is 18.5 Å². The highest BCUT2D eigenvalue weighted by atomic mass is 35.5. The number of pyridine rings is 1. The minimum absolute atomic E-state index is 0.154. The Balaban J connectivity index is 2.01. The first-order valence-electron chi connectivity index (χ1n) is 9.54. The van der Waals surface area contributed by atoms with Gasteiger partial charge in [0.2, 0.25) is 0 Å². The Kier molecular flexibility index (Phi) is 6.97. The van der Waals surface area contributed by atoms with Crippen molar-refractivity contribution >= 4 is 23.0 Å². The zero-order valence-electron chi connectivity index (χ0n) is 16.6. The van der Waals surface area contributed by atoms with Gasteiger partial charge < -0.3 is 16.4 Å². The molecule has 0 saturated carbocycles. The van der Waals surface area contributed by atoms with E-state index in [-0.39, 0.29) is 11.6 Å². The van der Waals surface area contributed by atoms with Crippen LogP contribution in [0.4, 0.5) is 19.0 Å². The Morgan fingerprint density at radius 1 is 1.23 bits per heavy atom. The molecule has 0 unspecified atom stereocenters. The number of aromatic nitrogens is 3. The van der Waals surface area contributed by atoms with Crippen LogP contribution in [0.25, 0.3) is 16.8 Å². The Labute approximate surface area is 183 Å². The highest BCUT2D eigenvalue weighted by molar-refractivity contribution is 6.33. The molecule has 10 heteroatoms. The quantitative estimate of drug-likeness (QED) is 0.666. The lowest BCUT2D eigenvalue weighted by Crippen LogP contribution is -2.40. The second-order valence-electron chi connectivity index (χ2n) is 7.08. The fourth-order valence-corrected chi connectivity index (χ4v) is 3.37. The Morgan fingerprint density at radius 2 is 1.94 bits per heavy atom. The number of anilines is 1. The predicted molar refractivity (Wildman–Crippen MR) is 116 cm³/mol. The standard InChI is InChI=1S/C21H22ClF3N6/c1-13(2-3-14(10-26)21(23,24)25)19-20(16-4-7-28-11-17(16)22)30-18(12-29-19)31-8-5-15(27)6-9-31/h2-4,7,10-12,15H,1,5-6,8-9,26-27H2/b3-2-,14-10+. The summed E-state index contributed by atoms with van der Waals surface area (Å²) >= 11 is 6.32. The number of alkyl halides is 3. The lowest BCUT2D eigenvalue weighted by atomic mass is 10.0. The fourth-order valence-electron chi connectivity index (χ4n) is 3.16. The number of hydrogen-bond donors (Lipinski definition) is 2. The summed E-state index contributed by atoms with van der Waals surface area (Å²) in [6.45, 7) is 5.33. The highest BCUT2D eigenvalue weighted by Gasteiger charge is 2.31. The zero-order valence-corrected chi connectivity index (χ0v) is 17.4. The monoisotopic (exact) mass is 450 g/mol. The van der Waals surface area contributed by atoms with Crippen molar-refractivity contribution in [1.29, 1.82) is 0 Å². The van der Waals surface area contributed by atoms with Crippen molar-refractivity contribution in [3.63, 3.8) is 0 Å². The van der Waals surface area contributed by atoms with E-state index in [0.717, 1.165) is 32.0 Å². The normalized spacial score (nSPS) is 16.2. The summed E-state index contributed by atoms with van der Waals surface area (Å²) in [4.78, 5) is 15.2. The van der Waals surface area contributed by atoms with E-state index < -0.39 is 11.7 Å². The molecule has 0 aromatic carbocycles. The average molecular weight is 451 g/mol. The van der Waals surface area contributed by atoms with E-state index in [0.29, 0.717) is 34.0 Å². The SMILES string of the molecule is C=C(/C=C\C(=C/N)C(F)(F)F)c1ncc(N2CCC(N)CC2)nc1-c1ccncc1Cl. The van der Waals surface area contributed by atoms with Crippen molar-refractivity contribution in [2.45, 2.75) is 25.1 Å². The average Bonchev–Trinajstić information content (AvgIpc) is 2.73. The van der Waals surface area contributed by atoms with E-state index in [1.165, 1.54) is 12.3 Å². The summed E-state index contributed by atoms with van der Waals surface area (Å²) in [5.41, 5.74) is 11.6. The summed E-state index contributed by atoms with van der Waals surface area (Å²) in [6, 6.07) is 1.82. The molecule has 0 bridgehead atoms. The molecule has 0 atom stereocenters. The molecule has 31 heavy (non-hydrogen) atoms. The lowest BCUT2D eigenvalue weighted by Gasteiger charge is -2.31. The van der Waals surface area contributed by atoms with Crippen molar-refractivity contribution in [2.75, 3.05) is 18.0 Å². The summed E-state index contributed by atoms with van der Waals surface area (Å²) in [5, 5.41) is 0.338. The van der Waals surface area contributed by atoms with Crippen LogP contribution >= 0.6 is 11.6 Å². The van der Waals surface area contributed by atoms with E-state index in [9.17, 15) is 13.2 Å². The molecule has 1 aliphatic heterocycles. The van der Waals surface area contributed by atoms with E-state index >= 15 is 0 Å². The first-order chi connectivity index (χ1) is 14.7. The zero-order chi connectivity index (χ0) is 22.6. The number of rotatable bonds is 5. The molecule has 0 radical (unpaired) electrons. The van der Waals surface area contributed by atoms with Crippen molar-refractivity contribution in [3.05, 3.63) is 65.9 Å². The molecule has 2 aromatic heterocycles. The van der Waals surface area contributed by atoms with Gasteiger partial charge in [-0.1, -0.05) is 24.3 Å². The number of allylic oxidation sites excluding steroid dienone is 4. The van der Waals surface area contributed by atoms with Gasteiger partial charge in [0, 0.05) is 43.3 Å². The van der Waals surface area contributed by atoms with Crippen LogP contribution in [0.3, 0.4) is 0 Å². The van der Waals surface area contributed by atoms with Gasteiger partial charge in [-0.2, -0.15) is 13.2 Å². The number of hydrogen-bond acceptors (Lipinski definition) is 6. The third-order valence-electron chi connectivity index (χ3n) is 4.93. The van der Waals surface area contributed by atoms with Gasteiger partial charge in [0.05, 0.1) is 22.5 Å². The Bertz CT molecular complexity index is 1010. The van der Waals surface area contributed by atoms with Crippen molar-refractivity contribution in [1.82, 2.24) is 15.0 Å². The second kappa shape index (κ2) is 9.49. The molecule has 0 amide bonds. The minimum atomic E-state index is -4.58. The molecule has 0 spiro atoms. The van der Waals surface area contributed by atoms with Crippen molar-refractivity contribution in [2.24, 2.45) is 11.5 Å². The Hall–Kier alpha value is -2.91. The third kappa shape index (κ3) is 5.42. The molecule has 6 nitrogen and oxygen atoms in total. The van der Waals surface area contributed by atoms with Crippen LogP contribution in [0.15, 0.2) is 55.2 Å². The maximum absolute atomic E-state index is 13.0. The molecule has 4 N–H and O–H groups in total. The predicted octanol–water partition coefficient (Wildman–Crippen LogP) is 4.09. The molecule has 3 heterocycles. The fraction of sp³-hybridized carbons (Fsp3) is 0.286. The molecule has 1 saturated heterocycles. The minimum Gasteiger partial charge on any atom is -0.404 e. The maximum Gasteiger partial charge on any atom is 0.417 e. The first kappa shape index (κ1) is 22.8. The van der Waals surface area contributed by atoms with Crippen LogP contribution in [0.2, 0.25) is 5.02 Å². The maximum atomic E-state index is 13.0. The van der Waals surface area contributed by atoms with Gasteiger partial charge >= 0.3 is 6.18 Å². The second-order valence-corrected chi connectivity index (χ2v) is 7.49. The number of nitrogens with zero attached hydrogens (tertiary/aromatic N) is 4. The summed E-state index contributed by atoms with van der Waals surface area (Å²) < 4.78 is 38.9. The molecule has 0 aliphatic carbocycles. The molecular weight excluding hydrogens is 429 g/mol. The van der Waals surface area contributed by atoms with Gasteiger partial charge in [-0.15, -0.1) is 0 Å². The van der Waals surface area contributed by atoms with Crippen LogP contribution in [0.5, 0.6) is 0 Å². The van der Waals surface area contributed by atoms with E-state index in [1.807, 2.05) is 0 Å². The number of nitrogens with two attached hydrogens (primary N) is 2. The third-order valence-corrected chi connectivity index (χ3v) is 5.23. The van der Waals surface area contributed by atoms with Crippen LogP contribution in [-0.2, 0) is 0 Å². The molecule has 2 aromatic rings. The van der Waals surface area contributed by atoms with Crippen molar-refractivity contribution in [3.8, 4) is 11.3 Å². The summed E-state index contributed by atoms with van der Waals surface area (Å²) in [6.07, 6.45) is 4.23. The molecule has 164 valence electrons. The van der Waals surface area contributed by atoms with Crippen LogP contribution < -0.4 is 16.4 Å². The first-order valence-corrected chi connectivity index (χ1v) is 9.92. The van der Waals surface area contributed by atoms with E-state index in [2.05, 4.69) is 21.4 Å². The van der Waals surface area contributed by atoms with E-state index in [1.54, 1.807) is 18.5 Å². The van der Waals surface area contributed by atoms with Gasteiger partial charge in [0.15, 0.2) is 0 Å². The topological polar surface area (TPSA) is 94.0 Å². The van der Waals surface area contributed by atoms with Gasteiger partial charge in [0.1, 0.15) is 11.5 Å². The molecule has 1 aliphatic rings. The molecular formula is C21H22ClF3N6. The summed E-state index contributed by atoms with van der Waals surface area (Å²) in [7, 11) is 0. The molecule has 1 fully saturated rings. The highest BCUT2D eigenvalue weighted by Crippen LogP contribution is 2.33.